The molecule has 3 aromatic rings. The number of anilines is 1. The summed E-state index contributed by atoms with van der Waals surface area (Å²) in [6.07, 6.45) is -8.87. The van der Waals surface area contributed by atoms with Crippen molar-refractivity contribution in [3.63, 3.8) is 0 Å². The normalized spacial score (nSPS) is 16.6. The number of carbonyl (C=O) groups excluding carboxylic acids is 2. The van der Waals surface area contributed by atoms with E-state index in [9.17, 15) is 40.7 Å². The summed E-state index contributed by atoms with van der Waals surface area (Å²) in [5.41, 5.74) is -2.71. The molecule has 2 saturated heterocycles. The molecule has 0 aliphatic carbocycles. The predicted octanol–water partition coefficient (Wildman–Crippen LogP) is 6.99. The van der Waals surface area contributed by atoms with Crippen LogP contribution < -0.4 is 10.1 Å². The highest BCUT2D eigenvalue weighted by atomic mass is 32.2. The van der Waals surface area contributed by atoms with Gasteiger partial charge in [0.15, 0.2) is 0 Å². The number of hydrogen-bond acceptors (Lipinski definition) is 8. The van der Waals surface area contributed by atoms with E-state index in [1.54, 1.807) is 0 Å². The molecule has 0 radical (unpaired) electrons. The van der Waals surface area contributed by atoms with Crippen LogP contribution in [0.25, 0.3) is 17.2 Å². The van der Waals surface area contributed by atoms with Crippen molar-refractivity contribution in [2.45, 2.75) is 18.8 Å². The molecule has 0 spiro atoms. The van der Waals surface area contributed by atoms with Gasteiger partial charge in [0.05, 0.1) is 34.8 Å². The zero-order valence-corrected chi connectivity index (χ0v) is 27.4. The summed E-state index contributed by atoms with van der Waals surface area (Å²) < 4.78 is 93.1. The molecule has 2 heterocycles. The third-order valence-corrected chi connectivity index (χ3v) is 8.95. The second-order valence-corrected chi connectivity index (χ2v) is 12.7. The Labute approximate surface area is 290 Å². The molecule has 50 heavy (non-hydrogen) atoms. The molecule has 0 saturated carbocycles. The topological polar surface area (TPSA) is 108 Å². The maximum atomic E-state index is 13.6. The highest BCUT2D eigenvalue weighted by Gasteiger charge is 2.37. The minimum Gasteiger partial charge on any atom is -0.478 e. The first-order chi connectivity index (χ1) is 23.6. The molecule has 2 amide bonds. The van der Waals surface area contributed by atoms with Crippen LogP contribution in [0.5, 0.6) is 5.75 Å². The number of carboxylic acid groups (broad SMARTS) is 1. The number of nitrogens with zero attached hydrogens (tertiary/aromatic N) is 2. The van der Waals surface area contributed by atoms with Gasteiger partial charge < -0.3 is 19.9 Å². The fraction of sp³-hybridized carbons (Fsp3) is 0.273. The van der Waals surface area contributed by atoms with Gasteiger partial charge in [0.25, 0.3) is 5.91 Å². The number of alkyl halides is 6. The smallest absolute Gasteiger partial charge is 0.416 e. The number of hydrogen-bond donors (Lipinski definition) is 2. The van der Waals surface area contributed by atoms with Crippen LogP contribution in [0.1, 0.15) is 33.5 Å². The van der Waals surface area contributed by atoms with Gasteiger partial charge in [-0.3, -0.25) is 19.4 Å². The van der Waals surface area contributed by atoms with Crippen LogP contribution in [-0.4, -0.2) is 76.6 Å². The van der Waals surface area contributed by atoms with Crippen molar-refractivity contribution in [3.05, 3.63) is 87.8 Å². The number of ether oxygens (including phenoxy) is 2. The first-order valence-electron chi connectivity index (χ1n) is 14.8. The SMILES string of the molecule is O=C(CCN1C(=O)C(=Cc2cc(-c3cc(C(F)(F)F)cc(C(F)(F)F)c3)ccc2OCN2CCOCC2)SC1=S)Nc1ccc(C(=O)O)cc1. The van der Waals surface area contributed by atoms with E-state index in [2.05, 4.69) is 5.32 Å². The lowest BCUT2D eigenvalue weighted by Gasteiger charge is -2.26. The van der Waals surface area contributed by atoms with Crippen LogP contribution in [0, 0.1) is 0 Å². The average Bonchev–Trinajstić information content (AvgIpc) is 3.33. The first-order valence-corrected chi connectivity index (χ1v) is 16.1. The molecule has 2 aliphatic heterocycles. The van der Waals surface area contributed by atoms with Crippen molar-refractivity contribution in [1.29, 1.82) is 0 Å². The third kappa shape index (κ3) is 9.21. The number of rotatable bonds is 10. The number of amides is 2. The molecule has 5 rings (SSSR count). The molecule has 0 aromatic heterocycles. The summed E-state index contributed by atoms with van der Waals surface area (Å²) in [7, 11) is 0. The number of thioether (sulfide) groups is 1. The van der Waals surface area contributed by atoms with Gasteiger partial charge in [-0.1, -0.05) is 30.0 Å². The van der Waals surface area contributed by atoms with Crippen molar-refractivity contribution < 1.29 is 55.3 Å². The van der Waals surface area contributed by atoms with E-state index in [1.165, 1.54) is 53.4 Å². The van der Waals surface area contributed by atoms with Crippen LogP contribution in [0.3, 0.4) is 0 Å². The Morgan fingerprint density at radius 1 is 0.940 bits per heavy atom. The molecule has 9 nitrogen and oxygen atoms in total. The molecule has 0 atom stereocenters. The van der Waals surface area contributed by atoms with E-state index in [0.29, 0.717) is 44.1 Å². The molecule has 17 heteroatoms. The third-order valence-electron chi connectivity index (χ3n) is 7.58. The maximum absolute atomic E-state index is 13.6. The average molecular weight is 740 g/mol. The van der Waals surface area contributed by atoms with Crippen LogP contribution >= 0.6 is 24.0 Å². The Morgan fingerprint density at radius 2 is 1.58 bits per heavy atom. The van der Waals surface area contributed by atoms with E-state index < -0.39 is 41.3 Å². The molecule has 0 unspecified atom stereocenters. The zero-order valence-electron chi connectivity index (χ0n) is 25.8. The van der Waals surface area contributed by atoms with Gasteiger partial charge in [0.1, 0.15) is 16.8 Å². The van der Waals surface area contributed by atoms with Gasteiger partial charge in [-0.05, 0) is 71.8 Å². The number of carboxylic acids is 1. The summed E-state index contributed by atoms with van der Waals surface area (Å²) in [6.45, 7) is 2.08. The highest BCUT2D eigenvalue weighted by molar-refractivity contribution is 8.26. The number of halogens is 6. The second-order valence-electron chi connectivity index (χ2n) is 11.1. The Morgan fingerprint density at radius 3 is 2.18 bits per heavy atom. The summed E-state index contributed by atoms with van der Waals surface area (Å²) in [4.78, 5) is 40.3. The Balaban J connectivity index is 1.40. The van der Waals surface area contributed by atoms with E-state index in [1.807, 2.05) is 4.90 Å². The van der Waals surface area contributed by atoms with Crippen LogP contribution in [0.15, 0.2) is 65.6 Å². The quantitative estimate of drug-likeness (QED) is 0.129. The minimum absolute atomic E-state index is 0.00936. The highest BCUT2D eigenvalue weighted by Crippen LogP contribution is 2.40. The summed E-state index contributed by atoms with van der Waals surface area (Å²) in [5.74, 6) is -1.96. The second kappa shape index (κ2) is 15.2. The lowest BCUT2D eigenvalue weighted by atomic mass is 9.97. The van der Waals surface area contributed by atoms with Gasteiger partial charge in [0.2, 0.25) is 5.91 Å². The number of benzene rings is 3. The molecular weight excluding hydrogens is 712 g/mol. The summed E-state index contributed by atoms with van der Waals surface area (Å²) in [5, 5.41) is 11.6. The number of morpholine rings is 1. The molecule has 3 aromatic carbocycles. The fourth-order valence-electron chi connectivity index (χ4n) is 4.95. The minimum atomic E-state index is -5.05. The van der Waals surface area contributed by atoms with Gasteiger partial charge >= 0.3 is 18.3 Å². The Kier molecular flexibility index (Phi) is 11.2. The van der Waals surface area contributed by atoms with Crippen LogP contribution in [0.2, 0.25) is 0 Å². The lowest BCUT2D eigenvalue weighted by molar-refractivity contribution is -0.143. The van der Waals surface area contributed by atoms with Crippen molar-refractivity contribution in [2.75, 3.05) is 44.9 Å². The van der Waals surface area contributed by atoms with Crippen LogP contribution in [-0.2, 0) is 26.7 Å². The zero-order chi connectivity index (χ0) is 36.2. The standard InChI is InChI=1S/C33H27F6N3O6S2/c34-32(35,36)23-14-21(15-24(17-23)33(37,38)39)20-3-6-26(48-18-41-9-11-47-12-10-41)22(13-20)16-27-29(44)42(31(49)50-27)8-7-28(43)40-25-4-1-19(2-5-25)30(45)46/h1-6,13-17H,7-12,18H2,(H,40,43)(H,45,46). The van der Waals surface area contributed by atoms with Crippen LogP contribution in [0.4, 0.5) is 32.0 Å². The van der Waals surface area contributed by atoms with Crippen molar-refractivity contribution in [2.24, 2.45) is 0 Å². The number of carbonyl (C=O) groups is 3. The largest absolute Gasteiger partial charge is 0.478 e. The van der Waals surface area contributed by atoms with Gasteiger partial charge in [-0.25, -0.2) is 4.79 Å². The van der Waals surface area contributed by atoms with Gasteiger partial charge in [-0.2, -0.15) is 26.3 Å². The maximum Gasteiger partial charge on any atom is 0.416 e. The van der Waals surface area contributed by atoms with Crippen molar-refractivity contribution in [3.8, 4) is 16.9 Å². The van der Waals surface area contributed by atoms with E-state index >= 15 is 0 Å². The van der Waals surface area contributed by atoms with Gasteiger partial charge in [0, 0.05) is 37.3 Å². The number of nitrogens with one attached hydrogen (secondary N) is 1. The predicted molar refractivity (Wildman–Crippen MR) is 176 cm³/mol. The monoisotopic (exact) mass is 739 g/mol. The van der Waals surface area contributed by atoms with E-state index in [4.69, 9.17) is 26.8 Å². The van der Waals surface area contributed by atoms with Crippen molar-refractivity contribution in [1.82, 2.24) is 9.80 Å². The van der Waals surface area contributed by atoms with E-state index in [-0.39, 0.29) is 63.0 Å². The van der Waals surface area contributed by atoms with Gasteiger partial charge in [-0.15, -0.1) is 0 Å². The Hall–Kier alpha value is -4.45. The number of thiocarbonyl (C=S) groups is 1. The molecular formula is C33H27F6N3O6S2. The lowest BCUT2D eigenvalue weighted by Crippen LogP contribution is -2.38. The fourth-order valence-corrected chi connectivity index (χ4v) is 6.25. The first kappa shape index (κ1) is 36.8. The summed E-state index contributed by atoms with van der Waals surface area (Å²) in [6, 6.07) is 10.8. The Bertz CT molecular complexity index is 1790. The molecule has 0 bridgehead atoms. The molecule has 2 aliphatic rings. The van der Waals surface area contributed by atoms with E-state index in [0.717, 1.165) is 11.8 Å². The summed E-state index contributed by atoms with van der Waals surface area (Å²) >= 11 is 6.28. The molecule has 264 valence electrons. The molecule has 2 fully saturated rings. The van der Waals surface area contributed by atoms with Crippen molar-refractivity contribution >= 4 is 57.8 Å². The number of aromatic carboxylic acids is 1. The molecule has 2 N–H and O–H groups in total.